The molecule has 4 nitrogen and oxygen atoms in total. The Balaban J connectivity index is 1.17. The second-order valence-electron chi connectivity index (χ2n) is 14.4. The third-order valence-corrected chi connectivity index (χ3v) is 11.2. The lowest BCUT2D eigenvalue weighted by Crippen LogP contribution is -2.27. The van der Waals surface area contributed by atoms with Gasteiger partial charge in [-0.15, -0.1) is 0 Å². The molecule has 9 aromatic rings. The summed E-state index contributed by atoms with van der Waals surface area (Å²) in [5.74, 6) is 0.819. The van der Waals surface area contributed by atoms with Crippen LogP contribution >= 0.6 is 0 Å². The van der Waals surface area contributed by atoms with Gasteiger partial charge in [0.15, 0.2) is 0 Å². The predicted molar refractivity (Wildman–Crippen MR) is 227 cm³/mol. The van der Waals surface area contributed by atoms with Crippen LogP contribution in [0.2, 0.25) is 0 Å². The minimum absolute atomic E-state index is 0.219. The van der Waals surface area contributed by atoms with Crippen LogP contribution in [0.15, 0.2) is 187 Å². The highest BCUT2D eigenvalue weighted by atomic mass is 15.2. The van der Waals surface area contributed by atoms with Gasteiger partial charge in [0.25, 0.3) is 0 Å². The SMILES string of the molecule is C1=CC(c2cc(-c3ccccc3)cc(C3N=C(n4c5cc6ccccc6cc5c5c6ccn(-c7ccccc7)c6ccc54)Nc4ccccc43)c2)=CCC1. The molecule has 256 valence electrons. The van der Waals surface area contributed by atoms with E-state index in [0.717, 1.165) is 41.2 Å². The molecule has 2 aromatic heterocycles. The van der Waals surface area contributed by atoms with E-state index in [4.69, 9.17) is 4.99 Å². The topological polar surface area (TPSA) is 34.2 Å². The van der Waals surface area contributed by atoms with Gasteiger partial charge in [0.2, 0.25) is 5.96 Å². The zero-order valence-corrected chi connectivity index (χ0v) is 29.7. The predicted octanol–water partition coefficient (Wildman–Crippen LogP) is 12.7. The second kappa shape index (κ2) is 12.4. The molecule has 54 heavy (non-hydrogen) atoms. The molecular formula is C50H36N4. The zero-order valence-electron chi connectivity index (χ0n) is 29.7. The van der Waals surface area contributed by atoms with E-state index in [2.05, 4.69) is 197 Å². The van der Waals surface area contributed by atoms with Crippen molar-refractivity contribution in [3.8, 4) is 16.8 Å². The summed E-state index contributed by atoms with van der Waals surface area (Å²) in [5.41, 5.74) is 12.9. The van der Waals surface area contributed by atoms with E-state index in [1.165, 1.54) is 65.8 Å². The zero-order chi connectivity index (χ0) is 35.6. The van der Waals surface area contributed by atoms with Gasteiger partial charge < -0.3 is 9.88 Å². The maximum Gasteiger partial charge on any atom is 0.208 e. The lowest BCUT2D eigenvalue weighted by Gasteiger charge is -2.27. The number of anilines is 1. The van der Waals surface area contributed by atoms with E-state index in [-0.39, 0.29) is 6.04 Å². The molecule has 0 saturated heterocycles. The molecule has 0 spiro atoms. The number of nitrogens with one attached hydrogen (secondary N) is 1. The quantitative estimate of drug-likeness (QED) is 0.196. The molecular weight excluding hydrogens is 657 g/mol. The number of rotatable bonds is 4. The van der Waals surface area contributed by atoms with Crippen LogP contribution < -0.4 is 5.32 Å². The van der Waals surface area contributed by atoms with E-state index in [9.17, 15) is 0 Å². The number of fused-ring (bicyclic) bond motifs is 7. The Kier molecular flexibility index (Phi) is 7.02. The summed E-state index contributed by atoms with van der Waals surface area (Å²) in [5, 5.41) is 9.91. The molecule has 1 atom stereocenters. The Morgan fingerprint density at radius 3 is 2.15 bits per heavy atom. The number of para-hydroxylation sites is 2. The average Bonchev–Trinajstić information content (AvgIpc) is 3.82. The summed E-state index contributed by atoms with van der Waals surface area (Å²) in [4.78, 5) is 5.70. The van der Waals surface area contributed by atoms with Crippen molar-refractivity contribution in [2.24, 2.45) is 4.99 Å². The molecule has 0 amide bonds. The summed E-state index contributed by atoms with van der Waals surface area (Å²) in [7, 11) is 0. The van der Waals surface area contributed by atoms with Crippen LogP contribution in [0.3, 0.4) is 0 Å². The van der Waals surface area contributed by atoms with Crippen molar-refractivity contribution in [2.75, 3.05) is 5.32 Å². The van der Waals surface area contributed by atoms with Crippen molar-refractivity contribution < 1.29 is 0 Å². The highest BCUT2D eigenvalue weighted by molar-refractivity contribution is 6.26. The highest BCUT2D eigenvalue weighted by Crippen LogP contribution is 2.42. The normalized spacial score (nSPS) is 15.4. The van der Waals surface area contributed by atoms with Gasteiger partial charge in [0.1, 0.15) is 6.04 Å². The van der Waals surface area contributed by atoms with E-state index >= 15 is 0 Å². The number of nitrogens with zero attached hydrogens (tertiary/aromatic N) is 3. The molecule has 4 heteroatoms. The number of hydrogen-bond acceptors (Lipinski definition) is 2. The van der Waals surface area contributed by atoms with Gasteiger partial charge in [0.05, 0.1) is 16.6 Å². The fraction of sp³-hybridized carbons (Fsp3) is 0.0600. The molecule has 7 aromatic carbocycles. The summed E-state index contributed by atoms with van der Waals surface area (Å²) < 4.78 is 4.64. The molecule has 1 aliphatic heterocycles. The first-order valence-corrected chi connectivity index (χ1v) is 18.8. The molecule has 3 heterocycles. The van der Waals surface area contributed by atoms with Crippen LogP contribution in [0.25, 0.3) is 65.9 Å². The van der Waals surface area contributed by atoms with Gasteiger partial charge in [0, 0.05) is 39.3 Å². The van der Waals surface area contributed by atoms with Gasteiger partial charge in [-0.1, -0.05) is 109 Å². The molecule has 0 fully saturated rings. The lowest BCUT2D eigenvalue weighted by atomic mass is 9.89. The molecule has 2 aliphatic rings. The maximum absolute atomic E-state index is 5.70. The Morgan fingerprint density at radius 1 is 0.574 bits per heavy atom. The Hall–Kier alpha value is -6.91. The number of aliphatic imine (C=N–C) groups is 1. The van der Waals surface area contributed by atoms with Crippen LogP contribution in [0.4, 0.5) is 5.69 Å². The van der Waals surface area contributed by atoms with Crippen LogP contribution in [-0.2, 0) is 0 Å². The van der Waals surface area contributed by atoms with Crippen molar-refractivity contribution in [1.29, 1.82) is 0 Å². The first kappa shape index (κ1) is 30.7. The Morgan fingerprint density at radius 2 is 1.31 bits per heavy atom. The van der Waals surface area contributed by atoms with Gasteiger partial charge in [-0.2, -0.15) is 0 Å². The summed E-state index contributed by atoms with van der Waals surface area (Å²) in [6, 6.07) is 56.9. The fourth-order valence-corrected chi connectivity index (χ4v) is 8.62. The minimum atomic E-state index is -0.219. The number of hydrogen-bond donors (Lipinski definition) is 1. The van der Waals surface area contributed by atoms with Crippen LogP contribution in [-0.4, -0.2) is 15.1 Å². The van der Waals surface area contributed by atoms with Crippen molar-refractivity contribution in [3.05, 3.63) is 199 Å². The number of allylic oxidation sites excluding steroid dienone is 4. The third kappa shape index (κ3) is 4.95. The monoisotopic (exact) mass is 692 g/mol. The van der Waals surface area contributed by atoms with Gasteiger partial charge in [-0.25, -0.2) is 4.99 Å². The molecule has 0 bridgehead atoms. The average molecular weight is 693 g/mol. The third-order valence-electron chi connectivity index (χ3n) is 11.2. The first-order valence-electron chi connectivity index (χ1n) is 18.8. The van der Waals surface area contributed by atoms with E-state index in [0.29, 0.717) is 0 Å². The smallest absolute Gasteiger partial charge is 0.208 e. The second-order valence-corrected chi connectivity index (χ2v) is 14.4. The van der Waals surface area contributed by atoms with Gasteiger partial charge >= 0.3 is 0 Å². The summed E-state index contributed by atoms with van der Waals surface area (Å²) in [6.07, 6.45) is 11.3. The van der Waals surface area contributed by atoms with Crippen molar-refractivity contribution in [2.45, 2.75) is 18.9 Å². The molecule has 1 aliphatic carbocycles. The molecule has 0 saturated carbocycles. The molecule has 11 rings (SSSR count). The van der Waals surface area contributed by atoms with Crippen molar-refractivity contribution in [3.63, 3.8) is 0 Å². The summed E-state index contributed by atoms with van der Waals surface area (Å²) >= 11 is 0. The lowest BCUT2D eigenvalue weighted by molar-refractivity contribution is 0.851. The van der Waals surface area contributed by atoms with Crippen LogP contribution in [0.1, 0.15) is 35.6 Å². The standard InChI is InChI=1S/C50H36N4/c1-4-14-33(15-5-1)37-28-38(34-16-6-2-7-17-34)30-39(29-37)49-41-22-12-13-23-44(41)51-50(52-49)54-46-25-24-45-42(26-27-53(45)40-20-8-3-9-21-40)48(46)43-31-35-18-10-11-19-36(35)32-47(43)54/h1,3-6,8-32,49H,2,7H2,(H,51,52). The van der Waals surface area contributed by atoms with Gasteiger partial charge in [-0.05, 0) is 118 Å². The largest absolute Gasteiger partial charge is 0.325 e. The Bertz CT molecular complexity index is 3010. The Labute approximate surface area is 313 Å². The first-order chi connectivity index (χ1) is 26.8. The van der Waals surface area contributed by atoms with Gasteiger partial charge in [-0.3, -0.25) is 4.57 Å². The van der Waals surface area contributed by atoms with Crippen molar-refractivity contribution in [1.82, 2.24) is 9.13 Å². The number of aromatic nitrogens is 2. The summed E-state index contributed by atoms with van der Waals surface area (Å²) in [6.45, 7) is 0. The molecule has 0 radical (unpaired) electrons. The maximum atomic E-state index is 5.70. The fourth-order valence-electron chi connectivity index (χ4n) is 8.62. The van der Waals surface area contributed by atoms with Crippen molar-refractivity contribution >= 4 is 60.7 Å². The molecule has 1 unspecified atom stereocenters. The molecule has 1 N–H and O–H groups in total. The minimum Gasteiger partial charge on any atom is -0.325 e. The van der Waals surface area contributed by atoms with E-state index < -0.39 is 0 Å². The van der Waals surface area contributed by atoms with E-state index in [1.54, 1.807) is 0 Å². The van der Waals surface area contributed by atoms with Crippen LogP contribution in [0, 0.1) is 0 Å². The number of benzene rings is 7. The highest BCUT2D eigenvalue weighted by Gasteiger charge is 2.27. The van der Waals surface area contributed by atoms with Crippen LogP contribution in [0.5, 0.6) is 0 Å². The van der Waals surface area contributed by atoms with E-state index in [1.807, 2.05) is 0 Å².